The van der Waals surface area contributed by atoms with E-state index in [4.69, 9.17) is 29.2 Å². The molecule has 0 fully saturated rings. The van der Waals surface area contributed by atoms with Crippen LogP contribution in [0.4, 0.5) is 82.0 Å². The van der Waals surface area contributed by atoms with Crippen LogP contribution in [0.15, 0.2) is 72.8 Å². The SMILES string of the molecule is CN(C(=O)OC(C)(C)C)[C@H](CC(=O)O)C(=O)N1CCc2cc(OCc3ccc(C(F)(F)F)cc3C(F)(F)F)ccc21.CN[C@H](CC(=O)O)C(=O)N1CCc2cc(OCc3ccc(C(F)(F)F)cc3C(F)(F)F)ccc21.O=C(O)C(F)(F)F. The van der Waals surface area contributed by atoms with E-state index in [9.17, 15) is 94.9 Å². The van der Waals surface area contributed by atoms with Crippen LogP contribution in [0.3, 0.4) is 0 Å². The first-order valence-corrected chi connectivity index (χ1v) is 23.6. The number of carboxylic acids is 3. The Bertz CT molecular complexity index is 2990. The summed E-state index contributed by atoms with van der Waals surface area (Å²) in [6, 6.07) is 9.12. The van der Waals surface area contributed by atoms with Gasteiger partial charge in [0.1, 0.15) is 36.4 Å². The summed E-state index contributed by atoms with van der Waals surface area (Å²) in [5, 5.41) is 28.1. The second kappa shape index (κ2) is 25.9. The van der Waals surface area contributed by atoms with Gasteiger partial charge in [0.2, 0.25) is 5.91 Å². The molecule has 2 heterocycles. The van der Waals surface area contributed by atoms with Gasteiger partial charge < -0.3 is 44.6 Å². The lowest BCUT2D eigenvalue weighted by molar-refractivity contribution is -0.192. The summed E-state index contributed by atoms with van der Waals surface area (Å²) in [5.74, 6) is -6.03. The molecule has 0 aromatic heterocycles. The Morgan fingerprint density at radius 1 is 0.573 bits per heavy atom. The number of anilines is 2. The first kappa shape index (κ1) is 66.5. The molecule has 31 heteroatoms. The van der Waals surface area contributed by atoms with Crippen molar-refractivity contribution in [3.05, 3.63) is 117 Å². The number of hydrogen-bond donors (Lipinski definition) is 4. The molecule has 0 bridgehead atoms. The summed E-state index contributed by atoms with van der Waals surface area (Å²) in [4.78, 5) is 73.6. The molecular weight excluding hydrogens is 1150 g/mol. The number of carboxylic acid groups (broad SMARTS) is 3. The molecular formula is C51H49F15N4O12. The third-order valence-electron chi connectivity index (χ3n) is 11.8. The van der Waals surface area contributed by atoms with Crippen molar-refractivity contribution in [3.8, 4) is 11.5 Å². The number of carbonyl (C=O) groups is 6. The number of likely N-dealkylation sites (N-methyl/N-ethyl adjacent to an activating group) is 2. The molecule has 0 radical (unpaired) electrons. The number of aliphatic carboxylic acids is 3. The summed E-state index contributed by atoms with van der Waals surface area (Å²) >= 11 is 0. The number of nitrogens with zero attached hydrogens (tertiary/aromatic N) is 3. The smallest absolute Gasteiger partial charge is 0.489 e. The molecule has 0 spiro atoms. The summed E-state index contributed by atoms with van der Waals surface area (Å²) in [6.07, 6.45) is -26.3. The Hall–Kier alpha value is -7.99. The molecule has 0 saturated carbocycles. The van der Waals surface area contributed by atoms with Crippen LogP contribution in [0.5, 0.6) is 11.5 Å². The zero-order valence-electron chi connectivity index (χ0n) is 43.3. The van der Waals surface area contributed by atoms with E-state index in [0.29, 0.717) is 53.5 Å². The summed E-state index contributed by atoms with van der Waals surface area (Å²) < 4.78 is 205. The molecule has 82 heavy (non-hydrogen) atoms. The monoisotopic (exact) mass is 1190 g/mol. The van der Waals surface area contributed by atoms with Gasteiger partial charge in [-0.1, -0.05) is 12.1 Å². The molecule has 3 amide bonds. The summed E-state index contributed by atoms with van der Waals surface area (Å²) in [7, 11) is 2.72. The summed E-state index contributed by atoms with van der Waals surface area (Å²) in [5.41, 5.74) is -5.45. The quantitative estimate of drug-likeness (QED) is 0.0867. The van der Waals surface area contributed by atoms with Gasteiger partial charge in [0.25, 0.3) is 5.91 Å². The number of benzene rings is 4. The maximum Gasteiger partial charge on any atom is 0.490 e. The topological polar surface area (TPSA) is 213 Å². The normalized spacial score (nSPS) is 14.2. The van der Waals surface area contributed by atoms with Gasteiger partial charge in [-0.3, -0.25) is 24.1 Å². The van der Waals surface area contributed by atoms with Crippen molar-refractivity contribution in [2.75, 3.05) is 37.0 Å². The lowest BCUT2D eigenvalue weighted by Crippen LogP contribution is -2.51. The zero-order chi connectivity index (χ0) is 62.2. The van der Waals surface area contributed by atoms with E-state index in [-0.39, 0.29) is 36.7 Å². The van der Waals surface area contributed by atoms with Crippen molar-refractivity contribution in [3.63, 3.8) is 0 Å². The molecule has 0 unspecified atom stereocenters. The van der Waals surface area contributed by atoms with E-state index in [2.05, 4.69) is 5.32 Å². The van der Waals surface area contributed by atoms with E-state index in [1.54, 1.807) is 20.8 Å². The minimum absolute atomic E-state index is 0.0344. The number of amides is 3. The minimum Gasteiger partial charge on any atom is -0.489 e. The average Bonchev–Trinajstić information content (AvgIpc) is 4.18. The zero-order valence-corrected chi connectivity index (χ0v) is 43.3. The van der Waals surface area contributed by atoms with Crippen LogP contribution in [0.2, 0.25) is 0 Å². The van der Waals surface area contributed by atoms with Crippen molar-refractivity contribution in [1.29, 1.82) is 0 Å². The number of halogens is 15. The Morgan fingerprint density at radius 2 is 0.963 bits per heavy atom. The maximum absolute atomic E-state index is 13.4. The fourth-order valence-corrected chi connectivity index (χ4v) is 7.87. The number of nitrogens with one attached hydrogen (secondary N) is 1. The van der Waals surface area contributed by atoms with E-state index >= 15 is 0 Å². The Morgan fingerprint density at radius 3 is 1.29 bits per heavy atom. The van der Waals surface area contributed by atoms with E-state index in [1.807, 2.05) is 0 Å². The molecule has 4 aromatic carbocycles. The van der Waals surface area contributed by atoms with Crippen molar-refractivity contribution in [2.45, 2.75) is 108 Å². The molecule has 2 aliphatic heterocycles. The van der Waals surface area contributed by atoms with Gasteiger partial charge in [0, 0.05) is 42.6 Å². The minimum atomic E-state index is -5.08. The van der Waals surface area contributed by atoms with Gasteiger partial charge in [0.15, 0.2) is 0 Å². The molecule has 2 aliphatic rings. The fourth-order valence-electron chi connectivity index (χ4n) is 7.87. The number of alkyl halides is 15. The lowest BCUT2D eigenvalue weighted by atomic mass is 10.0. The van der Waals surface area contributed by atoms with Crippen molar-refractivity contribution in [1.82, 2.24) is 10.2 Å². The van der Waals surface area contributed by atoms with Gasteiger partial charge in [-0.25, -0.2) is 9.59 Å². The second-order valence-corrected chi connectivity index (χ2v) is 18.8. The molecule has 0 aliphatic carbocycles. The van der Waals surface area contributed by atoms with E-state index in [1.165, 1.54) is 60.3 Å². The van der Waals surface area contributed by atoms with Crippen molar-refractivity contribution >= 4 is 47.2 Å². The van der Waals surface area contributed by atoms with Gasteiger partial charge in [0.05, 0.1) is 41.1 Å². The van der Waals surface area contributed by atoms with Gasteiger partial charge in [-0.05, 0) is 112 Å². The van der Waals surface area contributed by atoms with Crippen LogP contribution in [0, 0.1) is 0 Å². The first-order valence-electron chi connectivity index (χ1n) is 23.6. The first-order chi connectivity index (χ1) is 37.5. The van der Waals surface area contributed by atoms with E-state index in [0.717, 1.165) is 11.0 Å². The van der Waals surface area contributed by atoms with Crippen molar-refractivity contribution in [2.24, 2.45) is 0 Å². The molecule has 4 N–H and O–H groups in total. The number of ether oxygens (including phenoxy) is 3. The number of rotatable bonds is 14. The van der Waals surface area contributed by atoms with Crippen LogP contribution >= 0.6 is 0 Å². The maximum atomic E-state index is 13.4. The fraction of sp³-hybridized carbons (Fsp3) is 0.412. The largest absolute Gasteiger partial charge is 0.490 e. The van der Waals surface area contributed by atoms with Crippen LogP contribution in [-0.4, -0.2) is 107 Å². The molecule has 6 rings (SSSR count). The number of carbonyl (C=O) groups excluding carboxylic acids is 3. The van der Waals surface area contributed by atoms with Gasteiger partial charge >= 0.3 is 54.9 Å². The van der Waals surface area contributed by atoms with Gasteiger partial charge in [-0.2, -0.15) is 65.9 Å². The third-order valence-corrected chi connectivity index (χ3v) is 11.8. The third kappa shape index (κ3) is 18.3. The standard InChI is InChI=1S/C27H28F6N2O6.C22H20F6N2O4.C2HF3O2/c1-25(2,3)41-24(39)34(4)21(13-22(36)37)23(38)35-10-9-15-11-18(7-8-20(15)35)40-14-16-5-6-17(26(28,29)30)12-19(16)27(31,32)33;1-29-17(10-19(31)32)20(33)30-7-6-12-8-15(4-5-18(12)30)34-11-13-2-3-14(21(23,24)25)9-16(13)22(26,27)28;3-2(4,5)1(6)7/h5-8,11-12,21H,9-10,13-14H2,1-4H3,(H,36,37);2-5,8-9,17,29H,6-7,10-11H2,1H3,(H,31,32);(H,6,7)/t21-;17-;/m11./s1. The molecule has 2 atom stereocenters. The Kier molecular flexibility index (Phi) is 21.0. The van der Waals surface area contributed by atoms with Crippen molar-refractivity contribution < 1.29 is 124 Å². The highest BCUT2D eigenvalue weighted by molar-refractivity contribution is 6.02. The number of fused-ring (bicyclic) bond motifs is 2. The molecule has 0 saturated heterocycles. The van der Waals surface area contributed by atoms with Crippen LogP contribution in [-0.2, 0) is 79.5 Å². The molecule has 16 nitrogen and oxygen atoms in total. The number of hydrogen-bond acceptors (Lipinski definition) is 10. The summed E-state index contributed by atoms with van der Waals surface area (Å²) in [6.45, 7) is 3.98. The predicted molar refractivity (Wildman–Crippen MR) is 255 cm³/mol. The molecule has 450 valence electrons. The van der Waals surface area contributed by atoms with Gasteiger partial charge in [-0.15, -0.1) is 0 Å². The highest BCUT2D eigenvalue weighted by Gasteiger charge is 2.42. The molecule has 4 aromatic rings. The lowest BCUT2D eigenvalue weighted by Gasteiger charge is -2.31. The second-order valence-electron chi connectivity index (χ2n) is 18.8. The van der Waals surface area contributed by atoms with E-state index < -0.39 is 144 Å². The average molecular weight is 1190 g/mol. The predicted octanol–water partition coefficient (Wildman–Crippen LogP) is 10.8. The van der Waals surface area contributed by atoms with Crippen LogP contribution < -0.4 is 24.6 Å². The Labute approximate surface area is 454 Å². The highest BCUT2D eigenvalue weighted by Crippen LogP contribution is 2.41. The van der Waals surface area contributed by atoms with Crippen LogP contribution in [0.1, 0.15) is 78.1 Å². The Balaban J connectivity index is 0.000000319. The highest BCUT2D eigenvalue weighted by atomic mass is 19.4. The van der Waals surface area contributed by atoms with Crippen LogP contribution in [0.25, 0.3) is 0 Å².